The second kappa shape index (κ2) is 10.7. The number of anilines is 1. The maximum absolute atomic E-state index is 13.6. The third-order valence-corrected chi connectivity index (χ3v) is 7.86. The van der Waals surface area contributed by atoms with Gasteiger partial charge in [-0.25, -0.2) is 8.42 Å². The molecular formula is C29H29F3N2O4S. The molecule has 0 fully saturated rings. The quantitative estimate of drug-likeness (QED) is 0.338. The molecule has 0 saturated heterocycles. The number of amides is 1. The molecule has 0 heterocycles. The molecule has 0 aliphatic heterocycles. The van der Waals surface area contributed by atoms with Crippen LogP contribution in [-0.2, 0) is 21.7 Å². The molecule has 0 spiro atoms. The maximum atomic E-state index is 13.6. The molecule has 3 aromatic rings. The van der Waals surface area contributed by atoms with E-state index in [0.29, 0.717) is 28.7 Å². The van der Waals surface area contributed by atoms with E-state index >= 15 is 0 Å². The van der Waals surface area contributed by atoms with Crippen molar-refractivity contribution in [3.8, 4) is 22.9 Å². The van der Waals surface area contributed by atoms with Gasteiger partial charge in [-0.15, -0.1) is 0 Å². The highest BCUT2D eigenvalue weighted by Crippen LogP contribution is 2.41. The molecule has 1 amide bonds. The topological polar surface area (TPSA) is 107 Å². The number of rotatable bonds is 6. The van der Waals surface area contributed by atoms with Gasteiger partial charge in [0.05, 0.1) is 22.1 Å². The lowest BCUT2D eigenvalue weighted by Gasteiger charge is -2.25. The van der Waals surface area contributed by atoms with Crippen molar-refractivity contribution in [3.63, 3.8) is 0 Å². The van der Waals surface area contributed by atoms with Crippen molar-refractivity contribution in [1.82, 2.24) is 0 Å². The van der Waals surface area contributed by atoms with E-state index in [0.717, 1.165) is 23.8 Å². The molecule has 0 unspecified atom stereocenters. The van der Waals surface area contributed by atoms with Gasteiger partial charge in [0.1, 0.15) is 5.75 Å². The highest BCUT2D eigenvalue weighted by molar-refractivity contribution is 7.92. The lowest BCUT2D eigenvalue weighted by molar-refractivity contribution is -0.0436. The van der Waals surface area contributed by atoms with E-state index in [9.17, 15) is 31.5 Å². The number of halogens is 3. The van der Waals surface area contributed by atoms with E-state index in [4.69, 9.17) is 5.26 Å². The van der Waals surface area contributed by atoms with Crippen LogP contribution in [0.25, 0.3) is 11.1 Å². The van der Waals surface area contributed by atoms with Gasteiger partial charge in [0.2, 0.25) is 0 Å². The fourth-order valence-electron chi connectivity index (χ4n) is 4.30. The summed E-state index contributed by atoms with van der Waals surface area (Å²) >= 11 is 0. The second-order valence-electron chi connectivity index (χ2n) is 10.2. The molecule has 6 nitrogen and oxygen atoms in total. The Labute approximate surface area is 226 Å². The van der Waals surface area contributed by atoms with Gasteiger partial charge in [0, 0.05) is 11.3 Å². The van der Waals surface area contributed by atoms with Crippen LogP contribution in [0.4, 0.5) is 18.9 Å². The Morgan fingerprint density at radius 2 is 1.67 bits per heavy atom. The average molecular weight is 559 g/mol. The summed E-state index contributed by atoms with van der Waals surface area (Å²) in [6.07, 6.45) is 0.686. The standard InChI is InChI=1S/C29H29F3N2O4S/c1-6-7-20-14-21(39(37,38)29(30,31)32)12-13-24(20)34-27(36)25-17(2)22(15-23(26(25)35)28(3,4)5)19-10-8-18(16-33)9-11-19/h8-15,35H,6-7H2,1-5H3,(H,34,36). The van der Waals surface area contributed by atoms with E-state index in [1.165, 1.54) is 0 Å². The van der Waals surface area contributed by atoms with Crippen LogP contribution >= 0.6 is 0 Å². The Morgan fingerprint density at radius 1 is 1.05 bits per heavy atom. The first-order valence-corrected chi connectivity index (χ1v) is 13.6. The Morgan fingerprint density at radius 3 is 2.18 bits per heavy atom. The Kier molecular flexibility index (Phi) is 8.18. The van der Waals surface area contributed by atoms with Gasteiger partial charge in [-0.1, -0.05) is 46.2 Å². The molecular weight excluding hydrogens is 529 g/mol. The highest BCUT2D eigenvalue weighted by Gasteiger charge is 2.47. The molecule has 0 aliphatic rings. The van der Waals surface area contributed by atoms with Gasteiger partial charge in [0.15, 0.2) is 0 Å². The summed E-state index contributed by atoms with van der Waals surface area (Å²) in [7, 11) is -5.56. The summed E-state index contributed by atoms with van der Waals surface area (Å²) in [6, 6.07) is 13.5. The van der Waals surface area contributed by atoms with Crippen molar-refractivity contribution < 1.29 is 31.5 Å². The molecule has 0 saturated carbocycles. The van der Waals surface area contributed by atoms with Crippen molar-refractivity contribution >= 4 is 21.4 Å². The minimum Gasteiger partial charge on any atom is -0.507 e. The number of carbonyl (C=O) groups excluding carboxylic acids is 1. The summed E-state index contributed by atoms with van der Waals surface area (Å²) < 4.78 is 63.2. The summed E-state index contributed by atoms with van der Waals surface area (Å²) in [5, 5.41) is 23.0. The summed E-state index contributed by atoms with van der Waals surface area (Å²) in [4.78, 5) is 12.7. The van der Waals surface area contributed by atoms with Crippen LogP contribution < -0.4 is 5.32 Å². The van der Waals surface area contributed by atoms with Crippen molar-refractivity contribution in [1.29, 1.82) is 5.26 Å². The number of aromatic hydroxyl groups is 1. The summed E-state index contributed by atoms with van der Waals surface area (Å²) in [5.41, 5.74) is -2.88. The average Bonchev–Trinajstić information content (AvgIpc) is 2.84. The number of hydrogen-bond donors (Lipinski definition) is 2. The first-order chi connectivity index (χ1) is 18.0. The minimum atomic E-state index is -5.56. The Hall–Kier alpha value is -3.84. The van der Waals surface area contributed by atoms with E-state index in [2.05, 4.69) is 11.4 Å². The first-order valence-electron chi connectivity index (χ1n) is 12.2. The SMILES string of the molecule is CCCc1cc(S(=O)(=O)C(F)(F)F)ccc1NC(=O)c1c(C)c(-c2ccc(C#N)cc2)cc(C(C)(C)C)c1O. The van der Waals surface area contributed by atoms with E-state index < -0.39 is 31.6 Å². The van der Waals surface area contributed by atoms with Crippen molar-refractivity contribution in [3.05, 3.63) is 76.3 Å². The molecule has 0 atom stereocenters. The Balaban J connectivity index is 2.16. The molecule has 0 aromatic heterocycles. The number of carbonyl (C=O) groups is 1. The van der Waals surface area contributed by atoms with Gasteiger partial charge in [0.25, 0.3) is 15.7 Å². The molecule has 0 bridgehead atoms. The third kappa shape index (κ3) is 5.93. The van der Waals surface area contributed by atoms with E-state index in [-0.39, 0.29) is 29.0 Å². The first kappa shape index (κ1) is 29.7. The number of sulfone groups is 1. The molecule has 0 aliphatic carbocycles. The zero-order chi connectivity index (χ0) is 29.3. The zero-order valence-electron chi connectivity index (χ0n) is 22.2. The third-order valence-electron chi connectivity index (χ3n) is 6.38. The largest absolute Gasteiger partial charge is 0.507 e. The minimum absolute atomic E-state index is 0.0174. The number of nitrogens with zero attached hydrogens (tertiary/aromatic N) is 1. The van der Waals surface area contributed by atoms with Crippen molar-refractivity contribution in [2.45, 2.75) is 63.3 Å². The number of aryl methyl sites for hydroxylation is 1. The number of hydrogen-bond acceptors (Lipinski definition) is 5. The van der Waals surface area contributed by atoms with Crippen molar-refractivity contribution in [2.75, 3.05) is 5.32 Å². The van der Waals surface area contributed by atoms with Crippen LogP contribution in [0.1, 0.15) is 66.7 Å². The Bertz CT molecular complexity index is 1560. The molecule has 0 radical (unpaired) electrons. The molecule has 10 heteroatoms. The number of phenols is 1. The van der Waals surface area contributed by atoms with Crippen LogP contribution in [0.2, 0.25) is 0 Å². The van der Waals surface area contributed by atoms with Crippen LogP contribution in [0, 0.1) is 18.3 Å². The fourth-order valence-corrected chi connectivity index (χ4v) is 5.11. The maximum Gasteiger partial charge on any atom is 0.501 e. The van der Waals surface area contributed by atoms with E-state index in [1.807, 2.05) is 20.8 Å². The molecule has 3 aromatic carbocycles. The number of nitrogens with one attached hydrogen (secondary N) is 1. The lowest BCUT2D eigenvalue weighted by Crippen LogP contribution is -2.23. The number of alkyl halides is 3. The van der Waals surface area contributed by atoms with Crippen LogP contribution in [0.3, 0.4) is 0 Å². The van der Waals surface area contributed by atoms with Crippen LogP contribution in [0.5, 0.6) is 5.75 Å². The number of benzene rings is 3. The van der Waals surface area contributed by atoms with Crippen LogP contribution in [0.15, 0.2) is 53.4 Å². The number of phenolic OH excluding ortho intramolecular Hbond substituents is 1. The van der Waals surface area contributed by atoms with Gasteiger partial charge in [-0.2, -0.15) is 18.4 Å². The van der Waals surface area contributed by atoms with Gasteiger partial charge < -0.3 is 10.4 Å². The molecule has 2 N–H and O–H groups in total. The summed E-state index contributed by atoms with van der Waals surface area (Å²) in [5.74, 6) is -0.932. The van der Waals surface area contributed by atoms with Gasteiger partial charge in [-0.05, 0) is 77.4 Å². The second-order valence-corrected chi connectivity index (χ2v) is 12.2. The molecule has 39 heavy (non-hydrogen) atoms. The molecule has 206 valence electrons. The monoisotopic (exact) mass is 558 g/mol. The lowest BCUT2D eigenvalue weighted by atomic mass is 9.81. The predicted molar refractivity (Wildman–Crippen MR) is 143 cm³/mol. The number of nitriles is 1. The van der Waals surface area contributed by atoms with E-state index in [1.54, 1.807) is 44.2 Å². The zero-order valence-corrected chi connectivity index (χ0v) is 23.0. The predicted octanol–water partition coefficient (Wildman–Crippen LogP) is 7.04. The van der Waals surface area contributed by atoms with Crippen molar-refractivity contribution in [2.24, 2.45) is 0 Å². The highest BCUT2D eigenvalue weighted by atomic mass is 32.2. The van der Waals surface area contributed by atoms with Gasteiger partial charge in [-0.3, -0.25) is 4.79 Å². The molecule has 3 rings (SSSR count). The smallest absolute Gasteiger partial charge is 0.501 e. The normalized spacial score (nSPS) is 12.2. The fraction of sp³-hybridized carbons (Fsp3) is 0.310. The van der Waals surface area contributed by atoms with Crippen LogP contribution in [-0.4, -0.2) is 24.9 Å². The summed E-state index contributed by atoms with van der Waals surface area (Å²) in [6.45, 7) is 9.06. The van der Waals surface area contributed by atoms with Gasteiger partial charge >= 0.3 is 5.51 Å².